The van der Waals surface area contributed by atoms with Crippen LogP contribution < -0.4 is 5.32 Å². The Labute approximate surface area is 183 Å². The predicted octanol–water partition coefficient (Wildman–Crippen LogP) is 3.66. The summed E-state index contributed by atoms with van der Waals surface area (Å²) in [7, 11) is 0. The molecule has 6 nitrogen and oxygen atoms in total. The summed E-state index contributed by atoms with van der Waals surface area (Å²) in [6.45, 7) is 2.04. The lowest BCUT2D eigenvalue weighted by molar-refractivity contribution is -0.155. The van der Waals surface area contributed by atoms with Crippen LogP contribution in [0, 0.1) is 5.92 Å². The zero-order valence-electron chi connectivity index (χ0n) is 17.7. The molecular formula is C25H31NO5. The number of esters is 1. The van der Waals surface area contributed by atoms with Crippen LogP contribution in [0.15, 0.2) is 60.7 Å². The van der Waals surface area contributed by atoms with Crippen molar-refractivity contribution in [1.29, 1.82) is 0 Å². The van der Waals surface area contributed by atoms with E-state index in [0.29, 0.717) is 17.0 Å². The monoisotopic (exact) mass is 425 g/mol. The molecule has 2 N–H and O–H groups in total. The Kier molecular flexibility index (Phi) is 9.06. The van der Waals surface area contributed by atoms with Crippen LogP contribution >= 0.6 is 0 Å². The number of aliphatic hydroxyl groups is 1. The van der Waals surface area contributed by atoms with Crippen LogP contribution in [0.2, 0.25) is 0 Å². The summed E-state index contributed by atoms with van der Waals surface area (Å²) in [6, 6.07) is 16.8. The first kappa shape index (κ1) is 23.0. The molecule has 0 spiro atoms. The fraction of sp³-hybridized carbons (Fsp3) is 0.440. The predicted molar refractivity (Wildman–Crippen MR) is 117 cm³/mol. The summed E-state index contributed by atoms with van der Waals surface area (Å²) in [5.74, 6) is -0.374. The van der Waals surface area contributed by atoms with Crippen molar-refractivity contribution in [3.63, 3.8) is 0 Å². The quantitative estimate of drug-likeness (QED) is 0.400. The number of amides is 1. The summed E-state index contributed by atoms with van der Waals surface area (Å²) in [4.78, 5) is 25.1. The highest BCUT2D eigenvalue weighted by molar-refractivity contribution is 5.94. The van der Waals surface area contributed by atoms with Gasteiger partial charge in [-0.05, 0) is 30.5 Å². The largest absolute Gasteiger partial charge is 0.464 e. The van der Waals surface area contributed by atoms with Gasteiger partial charge < -0.3 is 19.9 Å². The number of hydrogen-bond donors (Lipinski definition) is 2. The minimum Gasteiger partial charge on any atom is -0.464 e. The molecule has 31 heavy (non-hydrogen) atoms. The first-order valence-electron chi connectivity index (χ1n) is 11.0. The Bertz CT molecular complexity index is 807. The van der Waals surface area contributed by atoms with E-state index in [9.17, 15) is 14.7 Å². The van der Waals surface area contributed by atoms with Gasteiger partial charge >= 0.3 is 5.97 Å². The molecule has 2 aromatic carbocycles. The topological polar surface area (TPSA) is 84.9 Å². The first-order valence-corrected chi connectivity index (χ1v) is 11.0. The lowest BCUT2D eigenvalue weighted by Gasteiger charge is -2.25. The summed E-state index contributed by atoms with van der Waals surface area (Å²) >= 11 is 0. The lowest BCUT2D eigenvalue weighted by Crippen LogP contribution is -2.41. The zero-order chi connectivity index (χ0) is 21.9. The Balaban J connectivity index is 1.48. The minimum atomic E-state index is -1.49. The maximum absolute atomic E-state index is 12.6. The second-order valence-corrected chi connectivity index (χ2v) is 7.95. The van der Waals surface area contributed by atoms with Crippen LogP contribution in [-0.2, 0) is 14.3 Å². The van der Waals surface area contributed by atoms with Gasteiger partial charge in [0.15, 0.2) is 6.10 Å². The highest BCUT2D eigenvalue weighted by atomic mass is 16.5. The molecule has 6 heteroatoms. The molecular weight excluding hydrogens is 394 g/mol. The number of carbonyl (C=O) groups is 2. The summed E-state index contributed by atoms with van der Waals surface area (Å²) in [6.07, 6.45) is 3.69. The van der Waals surface area contributed by atoms with Crippen molar-refractivity contribution in [3.8, 4) is 0 Å². The summed E-state index contributed by atoms with van der Waals surface area (Å²) in [5, 5.41) is 13.4. The van der Waals surface area contributed by atoms with Gasteiger partial charge in [-0.25, -0.2) is 4.79 Å². The highest BCUT2D eigenvalue weighted by Crippen LogP contribution is 2.20. The van der Waals surface area contributed by atoms with Crippen molar-refractivity contribution in [2.75, 3.05) is 19.8 Å². The second-order valence-electron chi connectivity index (χ2n) is 7.95. The van der Waals surface area contributed by atoms with E-state index in [2.05, 4.69) is 5.32 Å². The number of nitrogens with one attached hydrogen (secondary N) is 1. The maximum atomic E-state index is 12.6. The zero-order valence-corrected chi connectivity index (χ0v) is 17.7. The molecule has 3 rings (SSSR count). The van der Waals surface area contributed by atoms with Crippen molar-refractivity contribution in [2.45, 2.75) is 44.2 Å². The van der Waals surface area contributed by atoms with Gasteiger partial charge in [0, 0.05) is 11.5 Å². The average Bonchev–Trinajstić information content (AvgIpc) is 2.78. The molecule has 0 saturated carbocycles. The molecule has 166 valence electrons. The van der Waals surface area contributed by atoms with Crippen molar-refractivity contribution in [1.82, 2.24) is 5.32 Å². The first-order chi connectivity index (χ1) is 15.1. The molecule has 2 atom stereocenters. The highest BCUT2D eigenvalue weighted by Gasteiger charge is 2.30. The van der Waals surface area contributed by atoms with Crippen LogP contribution in [0.5, 0.6) is 0 Å². The van der Waals surface area contributed by atoms with Gasteiger partial charge in [-0.15, -0.1) is 0 Å². The molecule has 1 aliphatic heterocycles. The van der Waals surface area contributed by atoms with Crippen LogP contribution in [0.25, 0.3) is 0 Å². The number of unbranched alkanes of at least 4 members (excludes halogenated alkanes) is 3. The molecule has 1 heterocycles. The minimum absolute atomic E-state index is 0.260. The average molecular weight is 426 g/mol. The Morgan fingerprint density at radius 1 is 0.968 bits per heavy atom. The fourth-order valence-electron chi connectivity index (χ4n) is 3.55. The van der Waals surface area contributed by atoms with Crippen molar-refractivity contribution in [3.05, 3.63) is 71.8 Å². The molecule has 0 radical (unpaired) electrons. The molecule has 1 aliphatic rings. The number of hydrogen-bond acceptors (Lipinski definition) is 5. The van der Waals surface area contributed by atoms with E-state index < -0.39 is 18.1 Å². The van der Waals surface area contributed by atoms with Crippen molar-refractivity contribution >= 4 is 11.9 Å². The number of rotatable bonds is 12. The van der Waals surface area contributed by atoms with Gasteiger partial charge in [-0.2, -0.15) is 0 Å². The van der Waals surface area contributed by atoms with Gasteiger partial charge in [0.2, 0.25) is 0 Å². The summed E-state index contributed by atoms with van der Waals surface area (Å²) in [5.41, 5.74) is 1.09. The smallest absolute Gasteiger partial charge is 0.337 e. The number of aliphatic hydroxyl groups excluding tert-OH is 1. The van der Waals surface area contributed by atoms with Gasteiger partial charge in [0.05, 0.1) is 25.9 Å². The molecule has 1 saturated heterocycles. The van der Waals surface area contributed by atoms with Gasteiger partial charge in [-0.1, -0.05) is 67.8 Å². The van der Waals surface area contributed by atoms with E-state index in [4.69, 9.17) is 9.47 Å². The van der Waals surface area contributed by atoms with Gasteiger partial charge in [0.1, 0.15) is 0 Å². The fourth-order valence-corrected chi connectivity index (χ4v) is 3.55. The van der Waals surface area contributed by atoms with Gasteiger partial charge in [0.25, 0.3) is 5.91 Å². The van der Waals surface area contributed by atoms with E-state index in [1.54, 1.807) is 48.5 Å². The molecule has 1 fully saturated rings. The number of carbonyl (C=O) groups excluding carboxylic acids is 2. The third-order valence-corrected chi connectivity index (χ3v) is 5.50. The Morgan fingerprint density at radius 3 is 2.26 bits per heavy atom. The Morgan fingerprint density at radius 2 is 1.61 bits per heavy atom. The maximum Gasteiger partial charge on any atom is 0.337 e. The summed E-state index contributed by atoms with van der Waals surface area (Å²) < 4.78 is 10.5. The molecule has 2 aromatic rings. The molecule has 0 aromatic heterocycles. The van der Waals surface area contributed by atoms with Gasteiger partial charge in [-0.3, -0.25) is 4.79 Å². The number of benzene rings is 2. The molecule has 0 aliphatic carbocycles. The third kappa shape index (κ3) is 7.19. The van der Waals surface area contributed by atoms with Crippen molar-refractivity contribution in [2.24, 2.45) is 5.92 Å². The molecule has 0 bridgehead atoms. The van der Waals surface area contributed by atoms with E-state index in [0.717, 1.165) is 38.9 Å². The van der Waals surface area contributed by atoms with Crippen LogP contribution in [0.1, 0.15) is 54.1 Å². The normalized spacial score (nSPS) is 15.5. The lowest BCUT2D eigenvalue weighted by atomic mass is 9.99. The van der Waals surface area contributed by atoms with Crippen LogP contribution in [0.3, 0.4) is 0 Å². The SMILES string of the molecule is O=C(NC(c1ccccc1)C(O)C(=O)OCCCCCCC1COC1)c1ccccc1. The van der Waals surface area contributed by atoms with E-state index in [1.807, 2.05) is 12.1 Å². The van der Waals surface area contributed by atoms with Crippen LogP contribution in [-0.4, -0.2) is 42.9 Å². The van der Waals surface area contributed by atoms with Crippen molar-refractivity contribution < 1.29 is 24.2 Å². The van der Waals surface area contributed by atoms with E-state index >= 15 is 0 Å². The molecule has 1 amide bonds. The molecule has 2 unspecified atom stereocenters. The van der Waals surface area contributed by atoms with E-state index in [1.165, 1.54) is 6.42 Å². The van der Waals surface area contributed by atoms with E-state index in [-0.39, 0.29) is 12.5 Å². The number of ether oxygens (including phenoxy) is 2. The van der Waals surface area contributed by atoms with Crippen LogP contribution in [0.4, 0.5) is 0 Å². The third-order valence-electron chi connectivity index (χ3n) is 5.50. The standard InChI is InChI=1S/C25H31NO5/c27-23(25(29)31-16-10-2-1-5-11-19-17-30-18-19)22(20-12-6-3-7-13-20)26-24(28)21-14-8-4-9-15-21/h3-4,6-9,12-15,19,22-23,27H,1-2,5,10-11,16-18H2,(H,26,28). The Hall–Kier alpha value is -2.70. The second kappa shape index (κ2) is 12.2.